The molecule has 0 bridgehead atoms. The molecule has 1 aliphatic heterocycles. The van der Waals surface area contributed by atoms with E-state index in [0.29, 0.717) is 29.0 Å². The summed E-state index contributed by atoms with van der Waals surface area (Å²) in [4.78, 5) is 17.4. The monoisotopic (exact) mass is 540 g/mol. The zero-order valence-corrected chi connectivity index (χ0v) is 21.8. The number of thiophene rings is 1. The number of nitrogens with zero attached hydrogens (tertiary/aromatic N) is 3. The molecule has 0 atom stereocenters. The molecule has 1 N–H and O–H groups in total. The molecule has 0 saturated carbocycles. The lowest BCUT2D eigenvalue weighted by molar-refractivity contribution is 0.0520. The first-order chi connectivity index (χ1) is 18.0. The predicted octanol–water partition coefficient (Wildman–Crippen LogP) is 6.01. The second-order valence-electron chi connectivity index (χ2n) is 8.64. The standard InChI is InChI=1S/C27H26ClFN4O3S/c1-2-35-27(34)20-15-31-33(26(20)29)24-5-3-4-22(32-24)25-19(10-13-37-25)16-36-23-7-6-18(14-21(23)28)17-8-11-30-12-9-17/h3-7,10,13-15,17,30H,2,8-9,11-12,16H2,1H3. The Kier molecular flexibility index (Phi) is 7.83. The van der Waals surface area contributed by atoms with Crippen LogP contribution in [0.2, 0.25) is 5.02 Å². The highest BCUT2D eigenvalue weighted by molar-refractivity contribution is 7.13. The molecule has 192 valence electrons. The summed E-state index contributed by atoms with van der Waals surface area (Å²) in [5.41, 5.74) is 2.59. The Hall–Kier alpha value is -3.27. The molecule has 1 aromatic carbocycles. The molecule has 4 aromatic rings. The Labute approximate surface area is 223 Å². The molecule has 0 aliphatic carbocycles. The summed E-state index contributed by atoms with van der Waals surface area (Å²) < 4.78 is 26.8. The van der Waals surface area contributed by atoms with Crippen LogP contribution in [0.15, 0.2) is 54.0 Å². The van der Waals surface area contributed by atoms with Gasteiger partial charge in [0.05, 0.1) is 28.4 Å². The minimum atomic E-state index is -0.819. The zero-order chi connectivity index (χ0) is 25.8. The molecule has 5 rings (SSSR count). The van der Waals surface area contributed by atoms with Gasteiger partial charge in [0.1, 0.15) is 17.9 Å². The summed E-state index contributed by atoms with van der Waals surface area (Å²) in [5, 5.41) is 9.94. The van der Waals surface area contributed by atoms with Crippen LogP contribution in [0.4, 0.5) is 4.39 Å². The molecule has 7 nitrogen and oxygen atoms in total. The van der Waals surface area contributed by atoms with Crippen molar-refractivity contribution in [1.29, 1.82) is 0 Å². The van der Waals surface area contributed by atoms with Gasteiger partial charge in [-0.2, -0.15) is 14.2 Å². The molecule has 0 amide bonds. The molecule has 0 unspecified atom stereocenters. The summed E-state index contributed by atoms with van der Waals surface area (Å²) in [6.45, 7) is 4.16. The quantitative estimate of drug-likeness (QED) is 0.276. The van der Waals surface area contributed by atoms with Gasteiger partial charge < -0.3 is 14.8 Å². The maximum Gasteiger partial charge on any atom is 0.344 e. The lowest BCUT2D eigenvalue weighted by Gasteiger charge is -2.23. The van der Waals surface area contributed by atoms with Gasteiger partial charge >= 0.3 is 5.97 Å². The molecule has 0 spiro atoms. The number of piperidine rings is 1. The van der Waals surface area contributed by atoms with Crippen molar-refractivity contribution < 1.29 is 18.7 Å². The Balaban J connectivity index is 1.32. The van der Waals surface area contributed by atoms with Crippen LogP contribution in [0.1, 0.15) is 47.2 Å². The number of carbonyl (C=O) groups excluding carboxylic acids is 1. The Morgan fingerprint density at radius 1 is 1.24 bits per heavy atom. The highest BCUT2D eigenvalue weighted by Gasteiger charge is 2.21. The topological polar surface area (TPSA) is 78.3 Å². The van der Waals surface area contributed by atoms with E-state index in [9.17, 15) is 9.18 Å². The fourth-order valence-electron chi connectivity index (χ4n) is 4.38. The summed E-state index contributed by atoms with van der Waals surface area (Å²) in [7, 11) is 0. The highest BCUT2D eigenvalue weighted by atomic mass is 35.5. The number of rotatable bonds is 8. The highest BCUT2D eigenvalue weighted by Crippen LogP contribution is 2.34. The molecule has 1 saturated heterocycles. The zero-order valence-electron chi connectivity index (χ0n) is 20.2. The molecule has 10 heteroatoms. The molecule has 1 aliphatic rings. The number of esters is 1. The molecule has 37 heavy (non-hydrogen) atoms. The number of hydrogen-bond donors (Lipinski definition) is 1. The number of aromatic nitrogens is 3. The Morgan fingerprint density at radius 2 is 2.08 bits per heavy atom. The third-order valence-electron chi connectivity index (χ3n) is 6.29. The number of halogens is 2. The van der Waals surface area contributed by atoms with Crippen molar-refractivity contribution in [3.05, 3.63) is 81.7 Å². The largest absolute Gasteiger partial charge is 0.487 e. The first-order valence-corrected chi connectivity index (χ1v) is 13.4. The Morgan fingerprint density at radius 3 is 2.86 bits per heavy atom. The summed E-state index contributed by atoms with van der Waals surface area (Å²) in [5.74, 6) is -0.184. The lowest BCUT2D eigenvalue weighted by atomic mass is 9.90. The number of ether oxygens (including phenoxy) is 2. The van der Waals surface area contributed by atoms with Crippen molar-refractivity contribution in [3.8, 4) is 22.1 Å². The van der Waals surface area contributed by atoms with Crippen molar-refractivity contribution in [1.82, 2.24) is 20.1 Å². The van der Waals surface area contributed by atoms with Crippen LogP contribution in [0, 0.1) is 5.95 Å². The van der Waals surface area contributed by atoms with Crippen molar-refractivity contribution in [2.24, 2.45) is 0 Å². The summed E-state index contributed by atoms with van der Waals surface area (Å²) >= 11 is 8.07. The fraction of sp³-hybridized carbons (Fsp3) is 0.296. The van der Waals surface area contributed by atoms with Crippen LogP contribution in [0.3, 0.4) is 0 Å². The van der Waals surface area contributed by atoms with Gasteiger partial charge in [0.25, 0.3) is 0 Å². The number of benzene rings is 1. The van der Waals surface area contributed by atoms with Gasteiger partial charge in [-0.05, 0) is 80.0 Å². The van der Waals surface area contributed by atoms with E-state index in [2.05, 4.69) is 21.5 Å². The molecule has 0 radical (unpaired) electrons. The van der Waals surface area contributed by atoms with Gasteiger partial charge in [0, 0.05) is 5.56 Å². The average molecular weight is 541 g/mol. The number of pyridine rings is 1. The molecule has 3 aromatic heterocycles. The van der Waals surface area contributed by atoms with Gasteiger partial charge in [0.2, 0.25) is 5.95 Å². The van der Waals surface area contributed by atoms with E-state index < -0.39 is 11.9 Å². The van der Waals surface area contributed by atoms with Crippen LogP contribution in [0.25, 0.3) is 16.4 Å². The first-order valence-electron chi connectivity index (χ1n) is 12.1. The number of hydrogen-bond acceptors (Lipinski definition) is 7. The molecule has 4 heterocycles. The number of carbonyl (C=O) groups is 1. The molecular formula is C27H26ClFN4O3S. The van der Waals surface area contributed by atoms with Crippen LogP contribution < -0.4 is 10.1 Å². The maximum absolute atomic E-state index is 14.9. The van der Waals surface area contributed by atoms with E-state index in [0.717, 1.165) is 47.3 Å². The minimum Gasteiger partial charge on any atom is -0.487 e. The SMILES string of the molecule is CCOC(=O)c1cnn(-c2cccc(-c3sccc3COc3ccc(C4CCNCC4)cc3Cl)n2)c1F. The third kappa shape index (κ3) is 5.53. The lowest BCUT2D eigenvalue weighted by Crippen LogP contribution is -2.26. The molecular weight excluding hydrogens is 515 g/mol. The van der Waals surface area contributed by atoms with Crippen LogP contribution in [0.5, 0.6) is 5.75 Å². The van der Waals surface area contributed by atoms with E-state index >= 15 is 0 Å². The van der Waals surface area contributed by atoms with Crippen molar-refractivity contribution >= 4 is 28.9 Å². The normalized spacial score (nSPS) is 14.0. The van der Waals surface area contributed by atoms with E-state index in [1.165, 1.54) is 16.9 Å². The van der Waals surface area contributed by atoms with Gasteiger partial charge in [-0.3, -0.25) is 0 Å². The third-order valence-corrected chi connectivity index (χ3v) is 7.56. The number of nitrogens with one attached hydrogen (secondary N) is 1. The van der Waals surface area contributed by atoms with E-state index in [-0.39, 0.29) is 18.0 Å². The Bertz CT molecular complexity index is 1400. The van der Waals surface area contributed by atoms with Crippen LogP contribution >= 0.6 is 22.9 Å². The van der Waals surface area contributed by atoms with Crippen LogP contribution in [-0.2, 0) is 11.3 Å². The van der Waals surface area contributed by atoms with E-state index in [4.69, 9.17) is 21.1 Å². The average Bonchev–Trinajstić information content (AvgIpc) is 3.55. The summed E-state index contributed by atoms with van der Waals surface area (Å²) in [6.07, 6.45) is 3.35. The predicted molar refractivity (Wildman–Crippen MR) is 141 cm³/mol. The van der Waals surface area contributed by atoms with E-state index in [1.807, 2.05) is 29.6 Å². The van der Waals surface area contributed by atoms with Gasteiger partial charge in [-0.1, -0.05) is 23.7 Å². The maximum atomic E-state index is 14.9. The summed E-state index contributed by atoms with van der Waals surface area (Å²) in [6, 6.07) is 13.2. The van der Waals surface area contributed by atoms with Crippen molar-refractivity contribution in [2.45, 2.75) is 32.3 Å². The first kappa shape index (κ1) is 25.4. The van der Waals surface area contributed by atoms with Crippen molar-refractivity contribution in [2.75, 3.05) is 19.7 Å². The van der Waals surface area contributed by atoms with Crippen molar-refractivity contribution in [3.63, 3.8) is 0 Å². The van der Waals surface area contributed by atoms with Gasteiger partial charge in [-0.15, -0.1) is 11.3 Å². The minimum absolute atomic E-state index is 0.147. The second-order valence-corrected chi connectivity index (χ2v) is 9.96. The van der Waals surface area contributed by atoms with Gasteiger partial charge in [0.15, 0.2) is 5.82 Å². The second kappa shape index (κ2) is 11.4. The van der Waals surface area contributed by atoms with Gasteiger partial charge in [-0.25, -0.2) is 9.78 Å². The molecule has 1 fully saturated rings. The van der Waals surface area contributed by atoms with E-state index in [1.54, 1.807) is 19.1 Å². The smallest absolute Gasteiger partial charge is 0.344 e. The van der Waals surface area contributed by atoms with Crippen LogP contribution in [-0.4, -0.2) is 40.4 Å². The fourth-order valence-corrected chi connectivity index (χ4v) is 5.50.